The Morgan fingerprint density at radius 3 is 2.77 bits per heavy atom. The lowest BCUT2D eigenvalue weighted by molar-refractivity contribution is -0.120. The highest BCUT2D eigenvalue weighted by atomic mass is 35.5. The quantitative estimate of drug-likeness (QED) is 0.601. The van der Waals surface area contributed by atoms with E-state index in [0.717, 1.165) is 12.0 Å². The van der Waals surface area contributed by atoms with Crippen molar-refractivity contribution in [3.8, 4) is 11.4 Å². The van der Waals surface area contributed by atoms with Crippen LogP contribution in [0.2, 0.25) is 5.02 Å². The summed E-state index contributed by atoms with van der Waals surface area (Å²) in [6.45, 7) is 4.48. The standard InChI is InChI=1S/C18H24ClN5OS/c1-11-4-3-5-15(12(11)2)21-16(25)10-26-18-23-22-17(24(18)20)13-6-8-14(19)9-7-13/h6-9,11-12,15H,3-5,10,20H2,1-2H3,(H,21,25)/t11-,12-,15-/m1/s1. The van der Waals surface area contributed by atoms with E-state index in [-0.39, 0.29) is 17.7 Å². The lowest BCUT2D eigenvalue weighted by Crippen LogP contribution is -2.44. The van der Waals surface area contributed by atoms with Gasteiger partial charge >= 0.3 is 0 Å². The minimum absolute atomic E-state index is 0.0111. The summed E-state index contributed by atoms with van der Waals surface area (Å²) >= 11 is 7.20. The van der Waals surface area contributed by atoms with Gasteiger partial charge in [-0.25, -0.2) is 4.68 Å². The van der Waals surface area contributed by atoms with Crippen molar-refractivity contribution in [2.75, 3.05) is 11.6 Å². The molecule has 2 aromatic rings. The van der Waals surface area contributed by atoms with Gasteiger partial charge in [0.2, 0.25) is 11.1 Å². The molecule has 1 aliphatic rings. The van der Waals surface area contributed by atoms with Crippen molar-refractivity contribution < 1.29 is 4.79 Å². The van der Waals surface area contributed by atoms with E-state index in [2.05, 4.69) is 29.4 Å². The van der Waals surface area contributed by atoms with Gasteiger partial charge in [0.1, 0.15) is 0 Å². The topological polar surface area (TPSA) is 85.8 Å². The van der Waals surface area contributed by atoms with Gasteiger partial charge < -0.3 is 11.2 Å². The maximum atomic E-state index is 12.3. The van der Waals surface area contributed by atoms with Crippen LogP contribution in [0, 0.1) is 11.8 Å². The van der Waals surface area contributed by atoms with E-state index >= 15 is 0 Å². The van der Waals surface area contributed by atoms with Crippen LogP contribution in [0.5, 0.6) is 0 Å². The first-order valence-electron chi connectivity index (χ1n) is 8.84. The fraction of sp³-hybridized carbons (Fsp3) is 0.500. The Morgan fingerprint density at radius 1 is 1.31 bits per heavy atom. The molecule has 1 amide bonds. The number of nitrogens with zero attached hydrogens (tertiary/aromatic N) is 3. The Balaban J connectivity index is 1.58. The number of nitrogens with two attached hydrogens (primary N) is 1. The average molecular weight is 394 g/mol. The zero-order valence-electron chi connectivity index (χ0n) is 15.0. The van der Waals surface area contributed by atoms with Crippen LogP contribution in [0.1, 0.15) is 33.1 Å². The molecule has 0 aliphatic heterocycles. The third-order valence-electron chi connectivity index (χ3n) is 5.15. The number of nitrogen functional groups attached to an aromatic ring is 1. The van der Waals surface area contributed by atoms with Crippen LogP contribution in [-0.2, 0) is 4.79 Å². The molecule has 1 aromatic carbocycles. The highest BCUT2D eigenvalue weighted by Gasteiger charge is 2.28. The first-order chi connectivity index (χ1) is 12.5. The summed E-state index contributed by atoms with van der Waals surface area (Å²) in [7, 11) is 0. The number of aromatic nitrogens is 3. The number of benzene rings is 1. The average Bonchev–Trinajstić information content (AvgIpc) is 2.99. The third kappa shape index (κ3) is 4.32. The minimum atomic E-state index is 0.0111. The van der Waals surface area contributed by atoms with Gasteiger partial charge in [-0.2, -0.15) is 0 Å². The van der Waals surface area contributed by atoms with Crippen molar-refractivity contribution in [3.05, 3.63) is 29.3 Å². The van der Waals surface area contributed by atoms with Gasteiger partial charge in [-0.1, -0.05) is 50.1 Å². The van der Waals surface area contributed by atoms with E-state index in [1.54, 1.807) is 12.1 Å². The molecular formula is C18H24ClN5OS. The Hall–Kier alpha value is -1.73. The number of nitrogens with one attached hydrogen (secondary N) is 1. The molecule has 1 aliphatic carbocycles. The second-order valence-electron chi connectivity index (χ2n) is 6.91. The monoisotopic (exact) mass is 393 g/mol. The lowest BCUT2D eigenvalue weighted by atomic mass is 9.78. The molecule has 0 unspecified atom stereocenters. The Morgan fingerprint density at radius 2 is 2.04 bits per heavy atom. The molecule has 0 radical (unpaired) electrons. The Labute approximate surface area is 162 Å². The molecule has 3 N–H and O–H groups in total. The molecular weight excluding hydrogens is 370 g/mol. The van der Waals surface area contributed by atoms with Crippen molar-refractivity contribution in [2.45, 2.75) is 44.3 Å². The van der Waals surface area contributed by atoms with Crippen LogP contribution in [0.4, 0.5) is 0 Å². The van der Waals surface area contributed by atoms with Crippen molar-refractivity contribution in [1.82, 2.24) is 20.2 Å². The predicted molar refractivity (Wildman–Crippen MR) is 105 cm³/mol. The highest BCUT2D eigenvalue weighted by Crippen LogP contribution is 2.29. The number of rotatable bonds is 5. The molecule has 3 atom stereocenters. The molecule has 1 saturated carbocycles. The number of thioether (sulfide) groups is 1. The first-order valence-corrected chi connectivity index (χ1v) is 10.2. The molecule has 0 spiro atoms. The SMILES string of the molecule is C[C@@H]1[C@H](C)CCC[C@H]1NC(=O)CSc1nnc(-c2ccc(Cl)cc2)n1N. The minimum Gasteiger partial charge on any atom is -0.352 e. The second kappa shape index (κ2) is 8.31. The van der Waals surface area contributed by atoms with Crippen LogP contribution in [-0.4, -0.2) is 32.6 Å². The number of amides is 1. The van der Waals surface area contributed by atoms with Crippen LogP contribution < -0.4 is 11.2 Å². The van der Waals surface area contributed by atoms with Crippen LogP contribution >= 0.6 is 23.4 Å². The van der Waals surface area contributed by atoms with Crippen molar-refractivity contribution in [3.63, 3.8) is 0 Å². The largest absolute Gasteiger partial charge is 0.352 e. The zero-order valence-corrected chi connectivity index (χ0v) is 16.6. The van der Waals surface area contributed by atoms with Crippen LogP contribution in [0.15, 0.2) is 29.4 Å². The Kier molecular flexibility index (Phi) is 6.09. The molecule has 8 heteroatoms. The van der Waals surface area contributed by atoms with Gasteiger partial charge in [-0.05, 0) is 42.5 Å². The number of halogens is 1. The number of hydrogen-bond acceptors (Lipinski definition) is 5. The van der Waals surface area contributed by atoms with Crippen LogP contribution in [0.3, 0.4) is 0 Å². The fourth-order valence-electron chi connectivity index (χ4n) is 3.34. The summed E-state index contributed by atoms with van der Waals surface area (Å²) < 4.78 is 1.41. The number of carbonyl (C=O) groups is 1. The van der Waals surface area contributed by atoms with Crippen molar-refractivity contribution >= 4 is 29.3 Å². The van der Waals surface area contributed by atoms with Gasteiger partial charge in [0.25, 0.3) is 0 Å². The van der Waals surface area contributed by atoms with Crippen molar-refractivity contribution in [1.29, 1.82) is 0 Å². The summed E-state index contributed by atoms with van der Waals surface area (Å²) in [5, 5.41) is 12.5. The molecule has 0 bridgehead atoms. The van der Waals surface area contributed by atoms with Gasteiger partial charge in [0, 0.05) is 16.6 Å². The molecule has 1 heterocycles. The predicted octanol–water partition coefficient (Wildman–Crippen LogP) is 3.35. The summed E-state index contributed by atoms with van der Waals surface area (Å²) in [5.41, 5.74) is 0.825. The van der Waals surface area contributed by atoms with Gasteiger partial charge in [0.05, 0.1) is 5.75 Å². The maximum Gasteiger partial charge on any atom is 0.230 e. The molecule has 0 saturated heterocycles. The maximum absolute atomic E-state index is 12.3. The summed E-state index contributed by atoms with van der Waals surface area (Å²) in [5.74, 6) is 8.07. The zero-order chi connectivity index (χ0) is 18.7. The summed E-state index contributed by atoms with van der Waals surface area (Å²) in [6.07, 6.45) is 3.47. The second-order valence-corrected chi connectivity index (χ2v) is 8.29. The summed E-state index contributed by atoms with van der Waals surface area (Å²) in [4.78, 5) is 12.3. The van der Waals surface area contributed by atoms with Gasteiger partial charge in [-0.15, -0.1) is 10.2 Å². The van der Waals surface area contributed by atoms with E-state index in [9.17, 15) is 4.79 Å². The molecule has 1 aromatic heterocycles. The molecule has 140 valence electrons. The van der Waals surface area contributed by atoms with Gasteiger partial charge in [0.15, 0.2) is 5.82 Å². The summed E-state index contributed by atoms with van der Waals surface area (Å²) in [6, 6.07) is 7.48. The molecule has 1 fully saturated rings. The lowest BCUT2D eigenvalue weighted by Gasteiger charge is -2.34. The van der Waals surface area contributed by atoms with Gasteiger partial charge in [-0.3, -0.25) is 4.79 Å². The smallest absolute Gasteiger partial charge is 0.230 e. The van der Waals surface area contributed by atoms with Crippen LogP contribution in [0.25, 0.3) is 11.4 Å². The highest BCUT2D eigenvalue weighted by molar-refractivity contribution is 7.99. The van der Waals surface area contributed by atoms with Crippen molar-refractivity contribution in [2.24, 2.45) is 11.8 Å². The Bertz CT molecular complexity index is 763. The number of carbonyl (C=O) groups excluding carboxylic acids is 1. The normalized spacial score (nSPS) is 23.0. The molecule has 6 nitrogen and oxygen atoms in total. The fourth-order valence-corrected chi connectivity index (χ4v) is 4.13. The van der Waals surface area contributed by atoms with E-state index in [4.69, 9.17) is 17.4 Å². The van der Waals surface area contributed by atoms with E-state index < -0.39 is 0 Å². The molecule has 26 heavy (non-hydrogen) atoms. The van der Waals surface area contributed by atoms with E-state index in [1.165, 1.54) is 29.3 Å². The van der Waals surface area contributed by atoms with E-state index in [0.29, 0.717) is 27.8 Å². The molecule has 3 rings (SSSR count). The first kappa shape index (κ1) is 19.0. The van der Waals surface area contributed by atoms with E-state index in [1.807, 2.05) is 12.1 Å². The third-order valence-corrected chi connectivity index (χ3v) is 6.35. The number of hydrogen-bond donors (Lipinski definition) is 2.